The maximum absolute atomic E-state index is 12.9. The molecule has 2 aromatic carbocycles. The fraction of sp³-hybridized carbons (Fsp3) is 0.188. The van der Waals surface area contributed by atoms with Crippen LogP contribution >= 0.6 is 22.7 Å². The molecule has 1 aliphatic heterocycles. The van der Waals surface area contributed by atoms with Gasteiger partial charge in [-0.15, -0.1) is 22.7 Å². The zero-order valence-electron chi connectivity index (χ0n) is 22.2. The van der Waals surface area contributed by atoms with E-state index in [1.54, 1.807) is 53.0 Å². The minimum atomic E-state index is -0.137. The van der Waals surface area contributed by atoms with Crippen LogP contribution in [0.1, 0.15) is 36.0 Å². The van der Waals surface area contributed by atoms with E-state index in [4.69, 9.17) is 4.74 Å². The van der Waals surface area contributed by atoms with Crippen LogP contribution in [0.5, 0.6) is 11.5 Å². The molecular weight excluding hydrogens is 540 g/mol. The number of benzene rings is 2. The van der Waals surface area contributed by atoms with Crippen LogP contribution in [0, 0.1) is 0 Å². The van der Waals surface area contributed by atoms with Crippen molar-refractivity contribution in [3.8, 4) is 11.5 Å². The molecule has 0 amide bonds. The fourth-order valence-electron chi connectivity index (χ4n) is 4.61. The Bertz CT molecular complexity index is 1500. The molecule has 4 aromatic rings. The summed E-state index contributed by atoms with van der Waals surface area (Å²) in [6.45, 7) is 3.72. The lowest BCUT2D eigenvalue weighted by Gasteiger charge is -2.36. The van der Waals surface area contributed by atoms with Crippen molar-refractivity contribution in [3.63, 3.8) is 0 Å². The van der Waals surface area contributed by atoms with Crippen LogP contribution in [-0.4, -0.2) is 54.9 Å². The van der Waals surface area contributed by atoms with Gasteiger partial charge in [0.2, 0.25) is 0 Å². The molecule has 204 valence electrons. The number of carbonyl (C=O) groups excluding carboxylic acids is 2. The van der Waals surface area contributed by atoms with Crippen molar-refractivity contribution in [2.24, 2.45) is 0 Å². The Kier molecular flexibility index (Phi) is 8.91. The van der Waals surface area contributed by atoms with E-state index in [0.29, 0.717) is 29.0 Å². The van der Waals surface area contributed by atoms with E-state index in [1.807, 2.05) is 65.4 Å². The van der Waals surface area contributed by atoms with Gasteiger partial charge in [-0.3, -0.25) is 14.5 Å². The SMILES string of the molecule is COc1cc(C(=O)/C=C/c2cccs2)cc(CN2CCN(c3ccc(C(=O)/C=C/c4cccs4)cc3)CC2)c1O. The molecule has 1 saturated heterocycles. The second kappa shape index (κ2) is 12.9. The highest BCUT2D eigenvalue weighted by atomic mass is 32.1. The van der Waals surface area contributed by atoms with Gasteiger partial charge in [-0.2, -0.15) is 0 Å². The van der Waals surface area contributed by atoms with Crippen molar-refractivity contribution >= 4 is 52.1 Å². The van der Waals surface area contributed by atoms with Crippen LogP contribution in [0.3, 0.4) is 0 Å². The van der Waals surface area contributed by atoms with Gasteiger partial charge in [0.25, 0.3) is 0 Å². The maximum Gasteiger partial charge on any atom is 0.186 e. The van der Waals surface area contributed by atoms with Crippen molar-refractivity contribution in [2.75, 3.05) is 38.2 Å². The van der Waals surface area contributed by atoms with Gasteiger partial charge in [-0.05, 0) is 83.6 Å². The molecule has 5 rings (SSSR count). The van der Waals surface area contributed by atoms with Crippen molar-refractivity contribution in [1.82, 2.24) is 4.90 Å². The van der Waals surface area contributed by atoms with E-state index < -0.39 is 0 Å². The lowest BCUT2D eigenvalue weighted by atomic mass is 10.0. The highest BCUT2D eigenvalue weighted by Crippen LogP contribution is 2.33. The van der Waals surface area contributed by atoms with Crippen molar-refractivity contribution in [3.05, 3.63) is 110 Å². The second-order valence-electron chi connectivity index (χ2n) is 9.42. The van der Waals surface area contributed by atoms with Crippen molar-refractivity contribution in [1.29, 1.82) is 0 Å². The van der Waals surface area contributed by atoms with Gasteiger partial charge in [-0.1, -0.05) is 12.1 Å². The molecule has 8 heteroatoms. The molecule has 6 nitrogen and oxygen atoms in total. The topological polar surface area (TPSA) is 70.1 Å². The number of phenols is 1. The highest BCUT2D eigenvalue weighted by Gasteiger charge is 2.21. The molecule has 40 heavy (non-hydrogen) atoms. The number of phenolic OH excluding ortho intramolecular Hbond substituents is 1. The smallest absolute Gasteiger partial charge is 0.186 e. The molecule has 2 aromatic heterocycles. The van der Waals surface area contributed by atoms with E-state index in [9.17, 15) is 14.7 Å². The Balaban J connectivity index is 1.20. The number of aromatic hydroxyl groups is 1. The quantitative estimate of drug-likeness (QED) is 0.170. The Morgan fingerprint density at radius 2 is 1.45 bits per heavy atom. The Hall–Kier alpha value is -3.98. The van der Waals surface area contributed by atoms with E-state index in [-0.39, 0.29) is 17.3 Å². The van der Waals surface area contributed by atoms with E-state index in [2.05, 4.69) is 9.80 Å². The summed E-state index contributed by atoms with van der Waals surface area (Å²) in [4.78, 5) is 32.0. The third-order valence-corrected chi connectivity index (χ3v) is 8.50. The third-order valence-electron chi connectivity index (χ3n) is 6.83. The van der Waals surface area contributed by atoms with Gasteiger partial charge in [0, 0.05) is 64.9 Å². The van der Waals surface area contributed by atoms with Gasteiger partial charge in [0.1, 0.15) is 0 Å². The molecule has 0 atom stereocenters. The highest BCUT2D eigenvalue weighted by molar-refractivity contribution is 7.11. The predicted molar refractivity (Wildman–Crippen MR) is 164 cm³/mol. The van der Waals surface area contributed by atoms with Gasteiger partial charge >= 0.3 is 0 Å². The summed E-state index contributed by atoms with van der Waals surface area (Å²) in [5, 5.41) is 14.7. The lowest BCUT2D eigenvalue weighted by molar-refractivity contribution is 0.103. The number of thiophene rings is 2. The van der Waals surface area contributed by atoms with Crippen LogP contribution in [0.4, 0.5) is 5.69 Å². The second-order valence-corrected chi connectivity index (χ2v) is 11.4. The van der Waals surface area contributed by atoms with Crippen LogP contribution in [0.25, 0.3) is 12.2 Å². The Morgan fingerprint density at radius 3 is 2.00 bits per heavy atom. The number of allylic oxidation sites excluding steroid dienone is 2. The van der Waals surface area contributed by atoms with Gasteiger partial charge in [0.05, 0.1) is 7.11 Å². The number of methoxy groups -OCH3 is 1. The van der Waals surface area contributed by atoms with E-state index in [0.717, 1.165) is 41.6 Å². The summed E-state index contributed by atoms with van der Waals surface area (Å²) in [7, 11) is 1.49. The number of hydrogen-bond donors (Lipinski definition) is 1. The normalized spacial score (nSPS) is 14.3. The van der Waals surface area contributed by atoms with E-state index >= 15 is 0 Å². The Labute approximate surface area is 242 Å². The summed E-state index contributed by atoms with van der Waals surface area (Å²) < 4.78 is 5.37. The van der Waals surface area contributed by atoms with Crippen LogP contribution in [0.15, 0.2) is 83.6 Å². The van der Waals surface area contributed by atoms with Gasteiger partial charge < -0.3 is 14.7 Å². The summed E-state index contributed by atoms with van der Waals surface area (Å²) in [5.41, 5.74) is 2.89. The molecule has 0 bridgehead atoms. The fourth-order valence-corrected chi connectivity index (χ4v) is 5.84. The number of hydrogen-bond acceptors (Lipinski definition) is 8. The number of nitrogens with zero attached hydrogens (tertiary/aromatic N) is 2. The molecule has 1 aliphatic rings. The van der Waals surface area contributed by atoms with Gasteiger partial charge in [0.15, 0.2) is 23.1 Å². The number of anilines is 1. The zero-order chi connectivity index (χ0) is 27.9. The molecule has 1 fully saturated rings. The van der Waals surface area contributed by atoms with Gasteiger partial charge in [-0.25, -0.2) is 0 Å². The third kappa shape index (κ3) is 6.77. The molecular formula is C32H30N2O4S2. The van der Waals surface area contributed by atoms with Crippen molar-refractivity contribution in [2.45, 2.75) is 6.54 Å². The average Bonchev–Trinajstić information content (AvgIpc) is 3.71. The number of carbonyl (C=O) groups is 2. The van der Waals surface area contributed by atoms with Crippen LogP contribution < -0.4 is 9.64 Å². The zero-order valence-corrected chi connectivity index (χ0v) is 23.8. The minimum absolute atomic E-state index is 0.0114. The first kappa shape index (κ1) is 27.6. The number of ether oxygens (including phenoxy) is 1. The first-order chi connectivity index (χ1) is 19.5. The largest absolute Gasteiger partial charge is 0.504 e. The number of ketones is 2. The minimum Gasteiger partial charge on any atom is -0.504 e. The lowest BCUT2D eigenvalue weighted by Crippen LogP contribution is -2.46. The first-order valence-corrected chi connectivity index (χ1v) is 14.7. The standard InChI is InChI=1S/C32H30N2O4S2/c1-38-31-21-24(30(36)13-11-28-5-3-19-40-28)20-25(32(31)37)22-33-14-16-34(17-15-33)26-8-6-23(7-9-26)29(35)12-10-27-4-2-18-39-27/h2-13,18-21,37H,14-17,22H2,1H3/b12-10+,13-11+. The Morgan fingerprint density at radius 1 is 0.850 bits per heavy atom. The summed E-state index contributed by atoms with van der Waals surface area (Å²) in [6.07, 6.45) is 6.82. The molecule has 0 spiro atoms. The molecule has 0 saturated carbocycles. The first-order valence-electron chi connectivity index (χ1n) is 13.0. The summed E-state index contributed by atoms with van der Waals surface area (Å²) >= 11 is 3.17. The molecule has 0 radical (unpaired) electrons. The predicted octanol–water partition coefficient (Wildman–Crippen LogP) is 6.64. The van der Waals surface area contributed by atoms with Crippen LogP contribution in [0.2, 0.25) is 0 Å². The molecule has 1 N–H and O–H groups in total. The molecule has 0 aliphatic carbocycles. The van der Waals surface area contributed by atoms with Crippen LogP contribution in [-0.2, 0) is 6.54 Å². The monoisotopic (exact) mass is 570 g/mol. The number of rotatable bonds is 10. The summed E-state index contributed by atoms with van der Waals surface area (Å²) in [5.74, 6) is 0.213. The summed E-state index contributed by atoms with van der Waals surface area (Å²) in [6, 6.07) is 18.9. The molecule has 0 unspecified atom stereocenters. The van der Waals surface area contributed by atoms with Crippen molar-refractivity contribution < 1.29 is 19.4 Å². The average molecular weight is 571 g/mol. The molecule has 3 heterocycles. The number of piperazine rings is 1. The maximum atomic E-state index is 12.9. The van der Waals surface area contributed by atoms with E-state index in [1.165, 1.54) is 7.11 Å².